The molecule has 2 N–H and O–H groups in total. The van der Waals surface area contributed by atoms with E-state index in [0.717, 1.165) is 6.42 Å². The Bertz CT molecular complexity index is 795. The Hall–Kier alpha value is -2.11. The number of halogens is 1. The highest BCUT2D eigenvalue weighted by Gasteiger charge is 2.14. The molecule has 0 spiro atoms. The number of hydrogen-bond donors (Lipinski definition) is 2. The van der Waals surface area contributed by atoms with Crippen molar-refractivity contribution in [2.45, 2.75) is 33.2 Å². The molecule has 2 rings (SSSR count). The van der Waals surface area contributed by atoms with Crippen LogP contribution in [0.1, 0.15) is 47.8 Å². The number of anilines is 1. The Morgan fingerprint density at radius 2 is 1.96 bits per heavy atom. The second-order valence-corrected chi connectivity index (χ2v) is 6.65. The molecule has 0 heterocycles. The maximum atomic E-state index is 11.8. The smallest absolute Gasteiger partial charge is 0.339 e. The van der Waals surface area contributed by atoms with Crippen molar-refractivity contribution in [1.82, 2.24) is 5.32 Å². The third-order valence-electron chi connectivity index (χ3n) is 4.00. The first-order chi connectivity index (χ1) is 12.5. The molecule has 1 atom stereocenters. The van der Waals surface area contributed by atoms with Gasteiger partial charge in [0.25, 0.3) is 0 Å². The van der Waals surface area contributed by atoms with Crippen LogP contribution in [0.4, 0.5) is 5.69 Å². The Morgan fingerprint density at radius 3 is 2.58 bits per heavy atom. The number of aryl methyl sites for hydroxylation is 1. The van der Waals surface area contributed by atoms with Gasteiger partial charge in [-0.1, -0.05) is 42.8 Å². The van der Waals surface area contributed by atoms with E-state index in [2.05, 4.69) is 36.6 Å². The summed E-state index contributed by atoms with van der Waals surface area (Å²) < 4.78 is 4.98. The summed E-state index contributed by atoms with van der Waals surface area (Å²) >= 11 is 11.6. The van der Waals surface area contributed by atoms with Crippen LogP contribution in [0.5, 0.6) is 0 Å². The van der Waals surface area contributed by atoms with Crippen LogP contribution in [-0.2, 0) is 4.74 Å². The minimum Gasteiger partial charge on any atom is -0.462 e. The number of carbonyl (C=O) groups is 1. The van der Waals surface area contributed by atoms with Crippen LogP contribution in [0.15, 0.2) is 42.5 Å². The quantitative estimate of drug-likeness (QED) is 0.520. The van der Waals surface area contributed by atoms with Gasteiger partial charge in [0.2, 0.25) is 0 Å². The first kappa shape index (κ1) is 20.2. The van der Waals surface area contributed by atoms with Gasteiger partial charge in [0.1, 0.15) is 0 Å². The summed E-state index contributed by atoms with van der Waals surface area (Å²) in [6, 6.07) is 13.4. The number of rotatable bonds is 6. The Morgan fingerprint density at radius 1 is 1.23 bits per heavy atom. The van der Waals surface area contributed by atoms with E-state index in [9.17, 15) is 4.79 Å². The predicted molar refractivity (Wildman–Crippen MR) is 111 cm³/mol. The van der Waals surface area contributed by atoms with Crippen LogP contribution < -0.4 is 10.6 Å². The number of carbonyl (C=O) groups excluding carboxylic acids is 1. The number of ether oxygens (including phenoxy) is 1. The summed E-state index contributed by atoms with van der Waals surface area (Å²) in [6.07, 6.45) is 0.898. The van der Waals surface area contributed by atoms with Gasteiger partial charge in [-0.05, 0) is 61.8 Å². The lowest BCUT2D eigenvalue weighted by atomic mass is 10.00. The number of hydrogen-bond acceptors (Lipinski definition) is 3. The fraction of sp³-hybridized carbons (Fsp3) is 0.300. The van der Waals surface area contributed by atoms with Gasteiger partial charge in [-0.2, -0.15) is 0 Å². The summed E-state index contributed by atoms with van der Waals surface area (Å²) in [5.41, 5.74) is 3.48. The van der Waals surface area contributed by atoms with E-state index in [1.54, 1.807) is 25.1 Å². The van der Waals surface area contributed by atoms with Gasteiger partial charge in [-0.25, -0.2) is 4.79 Å². The van der Waals surface area contributed by atoms with Crippen LogP contribution in [-0.4, -0.2) is 17.7 Å². The maximum absolute atomic E-state index is 11.8. The van der Waals surface area contributed by atoms with Gasteiger partial charge in [0, 0.05) is 5.69 Å². The zero-order valence-electron chi connectivity index (χ0n) is 15.1. The average molecular weight is 391 g/mol. The second kappa shape index (κ2) is 9.55. The average Bonchev–Trinajstić information content (AvgIpc) is 2.60. The van der Waals surface area contributed by atoms with Crippen LogP contribution in [0.3, 0.4) is 0 Å². The summed E-state index contributed by atoms with van der Waals surface area (Å²) in [5, 5.41) is 7.28. The fourth-order valence-electron chi connectivity index (χ4n) is 2.67. The van der Waals surface area contributed by atoms with Crippen molar-refractivity contribution in [3.63, 3.8) is 0 Å². The molecule has 138 valence electrons. The molecule has 0 saturated heterocycles. The van der Waals surface area contributed by atoms with Gasteiger partial charge in [0.15, 0.2) is 5.11 Å². The standard InChI is InChI=1S/C20H23ClN2O2S/c1-4-18(15-9-7-6-8-13(15)3)23-20(26)22-14-10-11-16(17(21)12-14)19(24)25-5-2/h6-12,18H,4-5H2,1-3H3,(H2,22,23,26)/t18-/m0/s1. The minimum absolute atomic E-state index is 0.116. The Balaban J connectivity index is 2.06. The molecule has 0 fully saturated rings. The molecule has 6 heteroatoms. The second-order valence-electron chi connectivity index (χ2n) is 5.83. The van der Waals surface area contributed by atoms with E-state index in [0.29, 0.717) is 28.0 Å². The zero-order valence-corrected chi connectivity index (χ0v) is 16.7. The summed E-state index contributed by atoms with van der Waals surface area (Å²) in [4.78, 5) is 11.8. The van der Waals surface area contributed by atoms with E-state index in [1.807, 2.05) is 12.1 Å². The summed E-state index contributed by atoms with van der Waals surface area (Å²) in [7, 11) is 0. The Kier molecular flexibility index (Phi) is 7.42. The van der Waals surface area contributed by atoms with Crippen molar-refractivity contribution in [1.29, 1.82) is 0 Å². The van der Waals surface area contributed by atoms with E-state index in [1.165, 1.54) is 11.1 Å². The predicted octanol–water partition coefficient (Wildman–Crippen LogP) is 5.26. The van der Waals surface area contributed by atoms with Crippen LogP contribution >= 0.6 is 23.8 Å². The molecule has 0 amide bonds. The fourth-order valence-corrected chi connectivity index (χ4v) is 3.19. The first-order valence-corrected chi connectivity index (χ1v) is 9.34. The van der Waals surface area contributed by atoms with Crippen molar-refractivity contribution in [3.8, 4) is 0 Å². The van der Waals surface area contributed by atoms with E-state index in [4.69, 9.17) is 28.6 Å². The molecule has 0 aromatic heterocycles. The molecule has 0 radical (unpaired) electrons. The molecular formula is C20H23ClN2O2S. The molecule has 0 unspecified atom stereocenters. The molecule has 0 aliphatic heterocycles. The highest BCUT2D eigenvalue weighted by atomic mass is 35.5. The lowest BCUT2D eigenvalue weighted by Crippen LogP contribution is -2.32. The van der Waals surface area contributed by atoms with E-state index >= 15 is 0 Å². The molecule has 2 aromatic rings. The van der Waals surface area contributed by atoms with Gasteiger partial charge < -0.3 is 15.4 Å². The molecule has 0 bridgehead atoms. The summed E-state index contributed by atoms with van der Waals surface area (Å²) in [5.74, 6) is -0.435. The maximum Gasteiger partial charge on any atom is 0.339 e. The van der Waals surface area contributed by atoms with Crippen molar-refractivity contribution >= 4 is 40.6 Å². The molecule has 0 saturated carbocycles. The Labute approximate surface area is 164 Å². The van der Waals surface area contributed by atoms with Gasteiger partial charge in [-0.3, -0.25) is 0 Å². The number of benzene rings is 2. The normalized spacial score (nSPS) is 11.5. The lowest BCUT2D eigenvalue weighted by molar-refractivity contribution is 0.0526. The topological polar surface area (TPSA) is 50.4 Å². The van der Waals surface area contributed by atoms with Crippen LogP contribution in [0.2, 0.25) is 5.02 Å². The van der Waals surface area contributed by atoms with Crippen LogP contribution in [0.25, 0.3) is 0 Å². The van der Waals surface area contributed by atoms with Gasteiger partial charge in [0.05, 0.1) is 23.2 Å². The monoisotopic (exact) mass is 390 g/mol. The van der Waals surface area contributed by atoms with E-state index < -0.39 is 5.97 Å². The SMILES string of the molecule is CCOC(=O)c1ccc(NC(=S)N[C@@H](CC)c2ccccc2C)cc1Cl. The highest BCUT2D eigenvalue weighted by Crippen LogP contribution is 2.23. The minimum atomic E-state index is -0.435. The number of esters is 1. The van der Waals surface area contributed by atoms with Gasteiger partial charge in [-0.15, -0.1) is 0 Å². The molecule has 26 heavy (non-hydrogen) atoms. The number of thiocarbonyl (C=S) groups is 1. The third kappa shape index (κ3) is 5.19. The number of nitrogens with one attached hydrogen (secondary N) is 2. The third-order valence-corrected chi connectivity index (χ3v) is 4.53. The molecule has 0 aliphatic carbocycles. The largest absolute Gasteiger partial charge is 0.462 e. The van der Waals surface area contributed by atoms with Crippen molar-refractivity contribution < 1.29 is 9.53 Å². The van der Waals surface area contributed by atoms with Crippen LogP contribution in [0, 0.1) is 6.92 Å². The van der Waals surface area contributed by atoms with Crippen molar-refractivity contribution in [3.05, 3.63) is 64.2 Å². The highest BCUT2D eigenvalue weighted by molar-refractivity contribution is 7.80. The van der Waals surface area contributed by atoms with Crippen molar-refractivity contribution in [2.75, 3.05) is 11.9 Å². The molecule has 2 aromatic carbocycles. The lowest BCUT2D eigenvalue weighted by Gasteiger charge is -2.21. The van der Waals surface area contributed by atoms with E-state index in [-0.39, 0.29) is 6.04 Å². The van der Waals surface area contributed by atoms with Crippen molar-refractivity contribution in [2.24, 2.45) is 0 Å². The zero-order chi connectivity index (χ0) is 19.1. The first-order valence-electron chi connectivity index (χ1n) is 8.56. The summed E-state index contributed by atoms with van der Waals surface area (Å²) in [6.45, 7) is 6.26. The van der Waals surface area contributed by atoms with Gasteiger partial charge >= 0.3 is 5.97 Å². The molecule has 4 nitrogen and oxygen atoms in total. The molecular weight excluding hydrogens is 368 g/mol. The molecule has 0 aliphatic rings.